The van der Waals surface area contributed by atoms with Gasteiger partial charge in [-0.25, -0.2) is 12.8 Å². The Morgan fingerprint density at radius 2 is 2.05 bits per heavy atom. The average molecular weight is 352 g/mol. The maximum absolute atomic E-state index is 13.6. The fourth-order valence-corrected chi connectivity index (χ4v) is 3.06. The molecule has 19 heavy (non-hydrogen) atoms. The lowest BCUT2D eigenvalue weighted by Gasteiger charge is -2.24. The molecular formula is C12H15BrFNO3S. The fraction of sp³-hybridized carbons (Fsp3) is 0.417. The molecule has 1 rings (SSSR count). The molecule has 1 amide bonds. The smallest absolute Gasteiger partial charge is 0.256 e. The number of halogens is 2. The van der Waals surface area contributed by atoms with E-state index in [1.807, 2.05) is 0 Å². The average Bonchev–Trinajstić information content (AvgIpc) is 2.28. The first-order valence-electron chi connectivity index (χ1n) is 5.51. The van der Waals surface area contributed by atoms with Crippen LogP contribution in [0.3, 0.4) is 0 Å². The molecule has 0 bridgehead atoms. The first-order chi connectivity index (χ1) is 8.61. The van der Waals surface area contributed by atoms with Crippen LogP contribution >= 0.6 is 15.9 Å². The number of hydrogen-bond acceptors (Lipinski definition) is 3. The minimum atomic E-state index is -3.20. The summed E-state index contributed by atoms with van der Waals surface area (Å²) in [5, 5.41) is 0. The monoisotopic (exact) mass is 351 g/mol. The molecule has 0 aliphatic heterocycles. The highest BCUT2D eigenvalue weighted by atomic mass is 79.9. The van der Waals surface area contributed by atoms with Crippen LogP contribution in [-0.4, -0.2) is 44.3 Å². The number of carbonyl (C=O) groups excluding carboxylic acids is 1. The molecule has 0 radical (unpaired) electrons. The van der Waals surface area contributed by atoms with Crippen LogP contribution in [0.1, 0.15) is 17.3 Å². The van der Waals surface area contributed by atoms with Gasteiger partial charge in [-0.2, -0.15) is 0 Å². The van der Waals surface area contributed by atoms with Gasteiger partial charge in [-0.15, -0.1) is 0 Å². The van der Waals surface area contributed by atoms with Gasteiger partial charge in [0.25, 0.3) is 5.91 Å². The topological polar surface area (TPSA) is 54.5 Å². The van der Waals surface area contributed by atoms with E-state index < -0.39 is 27.6 Å². The Morgan fingerprint density at radius 1 is 1.47 bits per heavy atom. The quantitative estimate of drug-likeness (QED) is 0.834. The predicted molar refractivity (Wildman–Crippen MR) is 75.4 cm³/mol. The Bertz CT molecular complexity index is 589. The Hall–Kier alpha value is -0.950. The Labute approximate surface area is 120 Å². The van der Waals surface area contributed by atoms with Crippen LogP contribution in [0, 0.1) is 5.82 Å². The van der Waals surface area contributed by atoms with Crippen molar-refractivity contribution in [1.82, 2.24) is 4.90 Å². The van der Waals surface area contributed by atoms with Gasteiger partial charge in [0.05, 0.1) is 11.3 Å². The van der Waals surface area contributed by atoms with E-state index in [2.05, 4.69) is 15.9 Å². The summed E-state index contributed by atoms with van der Waals surface area (Å²) < 4.78 is 36.6. The van der Waals surface area contributed by atoms with Crippen molar-refractivity contribution >= 4 is 31.7 Å². The van der Waals surface area contributed by atoms with Crippen LogP contribution in [0.5, 0.6) is 0 Å². The molecular weight excluding hydrogens is 337 g/mol. The Morgan fingerprint density at radius 3 is 2.58 bits per heavy atom. The van der Waals surface area contributed by atoms with Gasteiger partial charge < -0.3 is 4.90 Å². The first kappa shape index (κ1) is 16.1. The molecule has 0 fully saturated rings. The second-order valence-corrected chi connectivity index (χ2v) is 7.58. The van der Waals surface area contributed by atoms with E-state index in [1.165, 1.54) is 30.1 Å². The van der Waals surface area contributed by atoms with Gasteiger partial charge in [0, 0.05) is 23.8 Å². The van der Waals surface area contributed by atoms with Crippen LogP contribution in [0.2, 0.25) is 0 Å². The summed E-state index contributed by atoms with van der Waals surface area (Å²) in [6.45, 7) is 1.61. The number of benzene rings is 1. The molecule has 106 valence electrons. The normalized spacial score (nSPS) is 13.1. The van der Waals surface area contributed by atoms with Crippen molar-refractivity contribution in [2.45, 2.75) is 13.0 Å². The standard InChI is InChI=1S/C12H15BrFNO3S/c1-8(7-19(3,17)18)15(2)12(16)10-6-9(13)4-5-11(10)14/h4-6,8H,7H2,1-3H3. The van der Waals surface area contributed by atoms with Crippen molar-refractivity contribution in [2.75, 3.05) is 19.1 Å². The van der Waals surface area contributed by atoms with Crippen molar-refractivity contribution in [3.63, 3.8) is 0 Å². The highest BCUT2D eigenvalue weighted by Gasteiger charge is 2.23. The Kier molecular flexibility index (Phi) is 5.09. The highest BCUT2D eigenvalue weighted by molar-refractivity contribution is 9.10. The van der Waals surface area contributed by atoms with Gasteiger partial charge in [-0.05, 0) is 25.1 Å². The lowest BCUT2D eigenvalue weighted by Crippen LogP contribution is -2.39. The fourth-order valence-electron chi connectivity index (χ4n) is 1.60. The first-order valence-corrected chi connectivity index (χ1v) is 8.37. The van der Waals surface area contributed by atoms with Gasteiger partial charge in [0.1, 0.15) is 15.7 Å². The molecule has 0 aromatic heterocycles. The molecule has 4 nitrogen and oxygen atoms in total. The number of amides is 1. The third-order valence-corrected chi connectivity index (χ3v) is 4.27. The van der Waals surface area contributed by atoms with Gasteiger partial charge >= 0.3 is 0 Å². The van der Waals surface area contributed by atoms with E-state index in [-0.39, 0.29) is 11.3 Å². The van der Waals surface area contributed by atoms with Crippen molar-refractivity contribution in [3.05, 3.63) is 34.1 Å². The van der Waals surface area contributed by atoms with E-state index in [0.29, 0.717) is 4.47 Å². The van der Waals surface area contributed by atoms with Crippen LogP contribution in [-0.2, 0) is 9.84 Å². The SMILES string of the molecule is CC(CS(C)(=O)=O)N(C)C(=O)c1cc(Br)ccc1F. The molecule has 0 heterocycles. The third kappa shape index (κ3) is 4.58. The minimum Gasteiger partial charge on any atom is -0.338 e. The van der Waals surface area contributed by atoms with Gasteiger partial charge in [0.2, 0.25) is 0 Å². The van der Waals surface area contributed by atoms with Crippen molar-refractivity contribution in [3.8, 4) is 0 Å². The van der Waals surface area contributed by atoms with E-state index in [9.17, 15) is 17.6 Å². The number of nitrogens with zero attached hydrogens (tertiary/aromatic N) is 1. The molecule has 0 saturated carbocycles. The molecule has 7 heteroatoms. The molecule has 0 N–H and O–H groups in total. The van der Waals surface area contributed by atoms with Crippen LogP contribution < -0.4 is 0 Å². The maximum atomic E-state index is 13.6. The van der Waals surface area contributed by atoms with Crippen LogP contribution in [0.4, 0.5) is 4.39 Å². The molecule has 1 unspecified atom stereocenters. The molecule has 0 spiro atoms. The molecule has 1 aromatic carbocycles. The number of rotatable bonds is 4. The number of sulfone groups is 1. The molecule has 0 aliphatic carbocycles. The van der Waals surface area contributed by atoms with Crippen molar-refractivity contribution < 1.29 is 17.6 Å². The second kappa shape index (κ2) is 6.00. The zero-order valence-electron chi connectivity index (χ0n) is 10.9. The summed E-state index contributed by atoms with van der Waals surface area (Å²) in [7, 11) is -1.74. The zero-order chi connectivity index (χ0) is 14.8. The summed E-state index contributed by atoms with van der Waals surface area (Å²) in [6, 6.07) is 3.53. The van der Waals surface area contributed by atoms with E-state index in [0.717, 1.165) is 6.26 Å². The predicted octanol–water partition coefficient (Wildman–Crippen LogP) is 2.09. The minimum absolute atomic E-state index is 0.0859. The lowest BCUT2D eigenvalue weighted by atomic mass is 10.1. The summed E-state index contributed by atoms with van der Waals surface area (Å²) in [6.07, 6.45) is 1.10. The maximum Gasteiger partial charge on any atom is 0.256 e. The van der Waals surface area contributed by atoms with Crippen LogP contribution in [0.15, 0.2) is 22.7 Å². The molecule has 0 aliphatic rings. The molecule has 0 saturated heterocycles. The summed E-state index contributed by atoms with van der Waals surface area (Å²) in [5.74, 6) is -1.34. The van der Waals surface area contributed by atoms with Gasteiger partial charge in [0.15, 0.2) is 0 Å². The van der Waals surface area contributed by atoms with E-state index in [1.54, 1.807) is 6.92 Å². The lowest BCUT2D eigenvalue weighted by molar-refractivity contribution is 0.0752. The zero-order valence-corrected chi connectivity index (χ0v) is 13.3. The number of carbonyl (C=O) groups is 1. The third-order valence-electron chi connectivity index (χ3n) is 2.68. The summed E-state index contributed by atoms with van der Waals surface area (Å²) >= 11 is 3.17. The number of hydrogen-bond donors (Lipinski definition) is 0. The summed E-state index contributed by atoms with van der Waals surface area (Å²) in [4.78, 5) is 13.3. The van der Waals surface area contributed by atoms with Gasteiger partial charge in [-0.1, -0.05) is 15.9 Å². The summed E-state index contributed by atoms with van der Waals surface area (Å²) in [5.41, 5.74) is -0.0859. The van der Waals surface area contributed by atoms with Crippen molar-refractivity contribution in [1.29, 1.82) is 0 Å². The van der Waals surface area contributed by atoms with E-state index in [4.69, 9.17) is 0 Å². The van der Waals surface area contributed by atoms with Crippen molar-refractivity contribution in [2.24, 2.45) is 0 Å². The highest BCUT2D eigenvalue weighted by Crippen LogP contribution is 2.18. The van der Waals surface area contributed by atoms with Crippen LogP contribution in [0.25, 0.3) is 0 Å². The van der Waals surface area contributed by atoms with E-state index >= 15 is 0 Å². The molecule has 1 aromatic rings. The Balaban J connectivity index is 2.96. The second-order valence-electron chi connectivity index (χ2n) is 4.48. The largest absolute Gasteiger partial charge is 0.338 e. The molecule has 1 atom stereocenters. The van der Waals surface area contributed by atoms with Gasteiger partial charge in [-0.3, -0.25) is 4.79 Å².